The van der Waals surface area contributed by atoms with Gasteiger partial charge in [-0.2, -0.15) is 17.0 Å². The summed E-state index contributed by atoms with van der Waals surface area (Å²) in [5, 5.41) is 0. The van der Waals surface area contributed by atoms with E-state index < -0.39 is 10.2 Å². The Morgan fingerprint density at radius 1 is 1.19 bits per heavy atom. The molecule has 0 N–H and O–H groups in total. The molecule has 1 amide bonds. The number of hydrogen-bond acceptors (Lipinski definition) is 5. The first-order chi connectivity index (χ1) is 12.9. The van der Waals surface area contributed by atoms with Crippen LogP contribution >= 0.6 is 0 Å². The monoisotopic (exact) mass is 397 g/mol. The summed E-state index contributed by atoms with van der Waals surface area (Å²) in [4.78, 5) is 14.3. The maximum absolute atomic E-state index is 12.7. The van der Waals surface area contributed by atoms with E-state index in [9.17, 15) is 13.2 Å². The summed E-state index contributed by atoms with van der Waals surface area (Å²) in [6, 6.07) is 7.07. The molecule has 27 heavy (non-hydrogen) atoms. The predicted molar refractivity (Wildman–Crippen MR) is 101 cm³/mol. The molecule has 0 aliphatic carbocycles. The number of ether oxygens (including phenoxy) is 2. The van der Waals surface area contributed by atoms with Crippen LogP contribution in [0.2, 0.25) is 0 Å². The number of carbonyl (C=O) groups is 1. The minimum Gasteiger partial charge on any atom is -0.491 e. The van der Waals surface area contributed by atoms with Gasteiger partial charge >= 0.3 is 0 Å². The molecule has 150 valence electrons. The molecule has 2 aliphatic rings. The summed E-state index contributed by atoms with van der Waals surface area (Å²) in [6.07, 6.45) is 2.25. The second-order valence-corrected chi connectivity index (χ2v) is 9.09. The van der Waals surface area contributed by atoms with E-state index in [4.69, 9.17) is 9.47 Å². The first-order valence-corrected chi connectivity index (χ1v) is 10.6. The Morgan fingerprint density at radius 3 is 2.41 bits per heavy atom. The van der Waals surface area contributed by atoms with Crippen molar-refractivity contribution in [2.75, 3.05) is 53.5 Å². The molecule has 1 atom stereocenters. The van der Waals surface area contributed by atoms with Crippen LogP contribution in [0.1, 0.15) is 23.2 Å². The number of benzene rings is 1. The lowest BCUT2D eigenvalue weighted by atomic mass is 10.2. The first-order valence-electron chi connectivity index (χ1n) is 9.19. The number of amides is 1. The van der Waals surface area contributed by atoms with E-state index in [1.165, 1.54) is 22.7 Å². The quantitative estimate of drug-likeness (QED) is 0.710. The largest absolute Gasteiger partial charge is 0.491 e. The highest BCUT2D eigenvalue weighted by Crippen LogP contribution is 2.18. The van der Waals surface area contributed by atoms with E-state index in [-0.39, 0.29) is 12.0 Å². The molecule has 3 rings (SSSR count). The number of nitrogens with zero attached hydrogens (tertiary/aromatic N) is 3. The lowest BCUT2D eigenvalue weighted by Gasteiger charge is -2.35. The molecule has 8 nitrogen and oxygen atoms in total. The third kappa shape index (κ3) is 4.78. The fourth-order valence-corrected chi connectivity index (χ4v) is 4.28. The van der Waals surface area contributed by atoms with E-state index in [0.717, 1.165) is 19.4 Å². The summed E-state index contributed by atoms with van der Waals surface area (Å²) in [7, 11) is -0.412. The van der Waals surface area contributed by atoms with Crippen molar-refractivity contribution in [3.63, 3.8) is 0 Å². The highest BCUT2D eigenvalue weighted by atomic mass is 32.2. The molecule has 0 bridgehead atoms. The van der Waals surface area contributed by atoms with E-state index in [0.29, 0.717) is 44.1 Å². The molecule has 2 heterocycles. The van der Waals surface area contributed by atoms with E-state index in [2.05, 4.69) is 0 Å². The van der Waals surface area contributed by atoms with Gasteiger partial charge in [-0.15, -0.1) is 0 Å². The molecular formula is C18H27N3O5S. The predicted octanol–water partition coefficient (Wildman–Crippen LogP) is 0.809. The minimum atomic E-state index is -3.43. The van der Waals surface area contributed by atoms with Gasteiger partial charge in [-0.1, -0.05) is 0 Å². The Kier molecular flexibility index (Phi) is 6.36. The number of piperazine rings is 1. The van der Waals surface area contributed by atoms with Gasteiger partial charge in [-0.25, -0.2) is 0 Å². The summed E-state index contributed by atoms with van der Waals surface area (Å²) in [5.74, 6) is 0.617. The third-order valence-electron chi connectivity index (χ3n) is 4.87. The topological polar surface area (TPSA) is 79.4 Å². The summed E-state index contributed by atoms with van der Waals surface area (Å²) in [6.45, 7) is 2.68. The van der Waals surface area contributed by atoms with Gasteiger partial charge in [-0.3, -0.25) is 4.79 Å². The number of hydrogen-bond donors (Lipinski definition) is 0. The van der Waals surface area contributed by atoms with Crippen molar-refractivity contribution < 1.29 is 22.7 Å². The highest BCUT2D eigenvalue weighted by molar-refractivity contribution is 7.86. The van der Waals surface area contributed by atoms with Crippen molar-refractivity contribution in [1.29, 1.82) is 0 Å². The van der Waals surface area contributed by atoms with Crippen LogP contribution in [0.4, 0.5) is 0 Å². The van der Waals surface area contributed by atoms with Gasteiger partial charge in [0.05, 0.1) is 6.10 Å². The molecule has 0 spiro atoms. The Hall–Kier alpha value is -1.68. The standard InChI is InChI=1S/C18H27N3O5S/c1-19(2)27(23,24)21-11-9-20(10-12-21)18(22)15-5-7-16(8-6-15)26-14-17-4-3-13-25-17/h5-8,17H,3-4,9-14H2,1-2H3/t17-/m1/s1. The summed E-state index contributed by atoms with van der Waals surface area (Å²) < 4.78 is 38.1. The molecule has 1 aromatic rings. The third-order valence-corrected chi connectivity index (χ3v) is 6.82. The SMILES string of the molecule is CN(C)S(=O)(=O)N1CCN(C(=O)c2ccc(OC[C@H]3CCCO3)cc2)CC1. The van der Waals surface area contributed by atoms with E-state index in [1.54, 1.807) is 29.2 Å². The zero-order valence-corrected chi connectivity index (χ0v) is 16.7. The zero-order chi connectivity index (χ0) is 19.4. The number of rotatable bonds is 6. The van der Waals surface area contributed by atoms with Gasteiger partial charge < -0.3 is 14.4 Å². The van der Waals surface area contributed by atoms with Gasteiger partial charge in [0.15, 0.2) is 0 Å². The maximum Gasteiger partial charge on any atom is 0.281 e. The van der Waals surface area contributed by atoms with E-state index >= 15 is 0 Å². The molecule has 0 saturated carbocycles. The lowest BCUT2D eigenvalue weighted by Crippen LogP contribution is -2.53. The maximum atomic E-state index is 12.7. The van der Waals surface area contributed by atoms with Crippen LogP contribution in [0.15, 0.2) is 24.3 Å². The van der Waals surface area contributed by atoms with Gasteiger partial charge in [0.2, 0.25) is 0 Å². The van der Waals surface area contributed by atoms with Gasteiger partial charge in [0.25, 0.3) is 16.1 Å². The fraction of sp³-hybridized carbons (Fsp3) is 0.611. The van der Waals surface area contributed by atoms with Crippen LogP contribution in [0, 0.1) is 0 Å². The molecule has 0 unspecified atom stereocenters. The van der Waals surface area contributed by atoms with Crippen LogP contribution in [-0.4, -0.2) is 87.4 Å². The average molecular weight is 397 g/mol. The zero-order valence-electron chi connectivity index (χ0n) is 15.8. The van der Waals surface area contributed by atoms with Crippen LogP contribution in [0.25, 0.3) is 0 Å². The first kappa shape index (κ1) is 20.1. The summed E-state index contributed by atoms with van der Waals surface area (Å²) in [5.41, 5.74) is 0.573. The molecule has 1 aromatic carbocycles. The molecule has 0 radical (unpaired) electrons. The molecule has 2 fully saturated rings. The smallest absolute Gasteiger partial charge is 0.281 e. The van der Waals surface area contributed by atoms with Crippen LogP contribution < -0.4 is 4.74 Å². The normalized spacial score (nSPS) is 21.6. The van der Waals surface area contributed by atoms with Crippen molar-refractivity contribution in [2.24, 2.45) is 0 Å². The van der Waals surface area contributed by atoms with Gasteiger partial charge in [-0.05, 0) is 37.1 Å². The molecule has 9 heteroatoms. The van der Waals surface area contributed by atoms with Crippen molar-refractivity contribution in [3.8, 4) is 5.75 Å². The fourth-order valence-electron chi connectivity index (χ4n) is 3.19. The Labute approximate surface area is 160 Å². The number of carbonyl (C=O) groups excluding carboxylic acids is 1. The van der Waals surface area contributed by atoms with Crippen molar-refractivity contribution in [1.82, 2.24) is 13.5 Å². The minimum absolute atomic E-state index is 0.0948. The summed E-state index contributed by atoms with van der Waals surface area (Å²) >= 11 is 0. The Balaban J connectivity index is 1.52. The van der Waals surface area contributed by atoms with Crippen LogP contribution in [0.3, 0.4) is 0 Å². The van der Waals surface area contributed by atoms with Crippen LogP contribution in [0.5, 0.6) is 5.75 Å². The second-order valence-electron chi connectivity index (χ2n) is 6.95. The highest BCUT2D eigenvalue weighted by Gasteiger charge is 2.30. The second kappa shape index (κ2) is 8.55. The molecule has 2 aliphatic heterocycles. The molecular weight excluding hydrogens is 370 g/mol. The lowest BCUT2D eigenvalue weighted by molar-refractivity contribution is 0.0675. The Bertz CT molecular complexity index is 737. The van der Waals surface area contributed by atoms with Gasteiger partial charge in [0, 0.05) is 52.4 Å². The Morgan fingerprint density at radius 2 is 1.85 bits per heavy atom. The van der Waals surface area contributed by atoms with Crippen molar-refractivity contribution in [3.05, 3.63) is 29.8 Å². The van der Waals surface area contributed by atoms with Crippen LogP contribution in [-0.2, 0) is 14.9 Å². The average Bonchev–Trinajstić information content (AvgIpc) is 3.20. The molecule has 2 saturated heterocycles. The van der Waals surface area contributed by atoms with Crippen molar-refractivity contribution in [2.45, 2.75) is 18.9 Å². The van der Waals surface area contributed by atoms with Crippen molar-refractivity contribution >= 4 is 16.1 Å². The van der Waals surface area contributed by atoms with Gasteiger partial charge in [0.1, 0.15) is 12.4 Å². The molecule has 0 aromatic heterocycles. The van der Waals surface area contributed by atoms with E-state index in [1.807, 2.05) is 0 Å².